The average molecular weight is 295 g/mol. The highest BCUT2D eigenvalue weighted by molar-refractivity contribution is 6.33. The number of carbonyl (C=O) groups is 1. The maximum absolute atomic E-state index is 11.8. The second-order valence-corrected chi connectivity index (χ2v) is 5.73. The third kappa shape index (κ3) is 5.10. The number of halogens is 1. The number of unbranched alkanes of at least 4 members (excludes halogenated alkanes) is 1. The quantitative estimate of drug-likeness (QED) is 0.492. The molecule has 5 heteroatoms. The number of nitrogens with zero attached hydrogens (tertiary/aromatic N) is 1. The fourth-order valence-electron chi connectivity index (χ4n) is 1.64. The topological polar surface area (TPSA) is 76.1 Å². The van der Waals surface area contributed by atoms with Gasteiger partial charge in [-0.25, -0.2) is 4.79 Å². The second kappa shape index (κ2) is 7.16. The Kier molecular flexibility index (Phi) is 5.84. The van der Waals surface area contributed by atoms with Crippen LogP contribution in [0.15, 0.2) is 18.2 Å². The summed E-state index contributed by atoms with van der Waals surface area (Å²) >= 11 is 5.78. The first-order chi connectivity index (χ1) is 9.35. The fourth-order valence-corrected chi connectivity index (χ4v) is 1.76. The van der Waals surface area contributed by atoms with Gasteiger partial charge in [0.25, 0.3) is 0 Å². The van der Waals surface area contributed by atoms with Crippen LogP contribution in [0.5, 0.6) is 0 Å². The molecule has 0 aliphatic rings. The van der Waals surface area contributed by atoms with E-state index in [0.29, 0.717) is 22.9 Å². The molecule has 1 rings (SSSR count). The summed E-state index contributed by atoms with van der Waals surface area (Å²) in [5, 5.41) is 9.29. The summed E-state index contributed by atoms with van der Waals surface area (Å²) in [6.07, 6.45) is 2.37. The van der Waals surface area contributed by atoms with Gasteiger partial charge in [0.2, 0.25) is 0 Å². The number of nitrogen functional groups attached to an aromatic ring is 1. The van der Waals surface area contributed by atoms with E-state index in [1.807, 2.05) is 13.8 Å². The lowest BCUT2D eigenvalue weighted by Gasteiger charge is -2.14. The van der Waals surface area contributed by atoms with Crippen molar-refractivity contribution in [1.82, 2.24) is 0 Å². The molecule has 1 aromatic rings. The molecule has 0 aromatic heterocycles. The minimum Gasteiger partial charge on any atom is -0.462 e. The van der Waals surface area contributed by atoms with Crippen LogP contribution in [0, 0.1) is 16.7 Å². The molecule has 0 unspecified atom stereocenters. The van der Waals surface area contributed by atoms with Crippen molar-refractivity contribution in [3.63, 3.8) is 0 Å². The third-order valence-electron chi connectivity index (χ3n) is 2.96. The van der Waals surface area contributed by atoms with Gasteiger partial charge in [0.1, 0.15) is 0 Å². The summed E-state index contributed by atoms with van der Waals surface area (Å²) in [6.45, 7) is 4.13. The zero-order valence-electron chi connectivity index (χ0n) is 11.8. The number of rotatable bonds is 6. The van der Waals surface area contributed by atoms with Gasteiger partial charge in [-0.15, -0.1) is 0 Å². The zero-order chi connectivity index (χ0) is 15.2. The number of anilines is 1. The number of hydrogen-bond donors (Lipinski definition) is 1. The Morgan fingerprint density at radius 3 is 2.75 bits per heavy atom. The molecular formula is C15H19ClN2O2. The lowest BCUT2D eigenvalue weighted by Crippen LogP contribution is -2.10. The van der Waals surface area contributed by atoms with E-state index in [1.165, 1.54) is 6.07 Å². The van der Waals surface area contributed by atoms with Gasteiger partial charge in [0, 0.05) is 0 Å². The molecular weight excluding hydrogens is 276 g/mol. The Hall–Kier alpha value is -1.73. The van der Waals surface area contributed by atoms with Crippen LogP contribution in [0.2, 0.25) is 5.02 Å². The maximum atomic E-state index is 11.8. The molecule has 108 valence electrons. The van der Waals surface area contributed by atoms with Gasteiger partial charge in [0.05, 0.1) is 34.4 Å². The largest absolute Gasteiger partial charge is 0.462 e. The Bertz CT molecular complexity index is 521. The van der Waals surface area contributed by atoms with Crippen LogP contribution in [0.4, 0.5) is 5.69 Å². The summed E-state index contributed by atoms with van der Waals surface area (Å²) in [7, 11) is 0. The molecule has 0 fully saturated rings. The van der Waals surface area contributed by atoms with Crippen molar-refractivity contribution in [2.45, 2.75) is 33.1 Å². The van der Waals surface area contributed by atoms with Crippen LogP contribution in [0.3, 0.4) is 0 Å². The number of ether oxygens (including phenoxy) is 1. The highest BCUT2D eigenvalue weighted by Gasteiger charge is 2.15. The summed E-state index contributed by atoms with van der Waals surface area (Å²) in [5.74, 6) is -0.409. The van der Waals surface area contributed by atoms with Crippen molar-refractivity contribution in [2.75, 3.05) is 12.3 Å². The summed E-state index contributed by atoms with van der Waals surface area (Å²) in [4.78, 5) is 11.8. The Labute approximate surface area is 124 Å². The standard InChI is InChI=1S/C15H19ClN2O2/c1-15(2,10-17)7-3-4-8-20-14(19)11-5-6-12(16)13(18)9-11/h5-6,9H,3-4,7-8,18H2,1-2H3. The Balaban J connectivity index is 2.34. The van der Waals surface area contributed by atoms with Gasteiger partial charge in [-0.1, -0.05) is 11.6 Å². The SMILES string of the molecule is CC(C)(C#N)CCCCOC(=O)c1ccc(Cl)c(N)c1. The molecule has 0 spiro atoms. The normalized spacial score (nSPS) is 10.9. The van der Waals surface area contributed by atoms with Crippen molar-refractivity contribution in [3.8, 4) is 6.07 Å². The minimum atomic E-state index is -0.409. The van der Waals surface area contributed by atoms with E-state index in [1.54, 1.807) is 12.1 Å². The summed E-state index contributed by atoms with van der Waals surface area (Å²) in [6, 6.07) is 6.90. The minimum absolute atomic E-state index is 0.325. The molecule has 0 atom stereocenters. The van der Waals surface area contributed by atoms with E-state index in [4.69, 9.17) is 27.3 Å². The zero-order valence-corrected chi connectivity index (χ0v) is 12.5. The van der Waals surface area contributed by atoms with E-state index in [0.717, 1.165) is 19.3 Å². The van der Waals surface area contributed by atoms with Crippen molar-refractivity contribution in [1.29, 1.82) is 5.26 Å². The highest BCUT2D eigenvalue weighted by Crippen LogP contribution is 2.22. The fraction of sp³-hybridized carbons (Fsp3) is 0.467. The van der Waals surface area contributed by atoms with Gasteiger partial charge in [-0.3, -0.25) is 0 Å². The number of nitrogens with two attached hydrogens (primary N) is 1. The number of hydrogen-bond acceptors (Lipinski definition) is 4. The first-order valence-corrected chi connectivity index (χ1v) is 6.87. The average Bonchev–Trinajstić information content (AvgIpc) is 2.41. The van der Waals surface area contributed by atoms with Crippen LogP contribution >= 0.6 is 11.6 Å². The van der Waals surface area contributed by atoms with Gasteiger partial charge in [0.15, 0.2) is 0 Å². The molecule has 0 aliphatic carbocycles. The van der Waals surface area contributed by atoms with Crippen molar-refractivity contribution in [2.24, 2.45) is 5.41 Å². The van der Waals surface area contributed by atoms with Crippen LogP contribution < -0.4 is 5.73 Å². The van der Waals surface area contributed by atoms with E-state index < -0.39 is 5.97 Å². The van der Waals surface area contributed by atoms with E-state index in [2.05, 4.69) is 6.07 Å². The van der Waals surface area contributed by atoms with E-state index in [-0.39, 0.29) is 5.41 Å². The predicted octanol–water partition coefficient (Wildman–Crippen LogP) is 3.80. The predicted molar refractivity (Wildman–Crippen MR) is 79.4 cm³/mol. The molecule has 0 saturated carbocycles. The Morgan fingerprint density at radius 1 is 1.45 bits per heavy atom. The monoisotopic (exact) mass is 294 g/mol. The van der Waals surface area contributed by atoms with Crippen LogP contribution in [0.1, 0.15) is 43.5 Å². The first-order valence-electron chi connectivity index (χ1n) is 6.49. The number of esters is 1. The summed E-state index contributed by atoms with van der Waals surface area (Å²) in [5.41, 5.74) is 6.05. The molecule has 4 nitrogen and oxygen atoms in total. The van der Waals surface area contributed by atoms with Crippen LogP contribution in [-0.4, -0.2) is 12.6 Å². The van der Waals surface area contributed by atoms with Gasteiger partial charge >= 0.3 is 5.97 Å². The molecule has 1 aromatic carbocycles. The van der Waals surface area contributed by atoms with Crippen molar-refractivity contribution < 1.29 is 9.53 Å². The van der Waals surface area contributed by atoms with E-state index >= 15 is 0 Å². The molecule has 2 N–H and O–H groups in total. The molecule has 0 bridgehead atoms. The van der Waals surface area contributed by atoms with Gasteiger partial charge in [-0.05, 0) is 51.3 Å². The lowest BCUT2D eigenvalue weighted by atomic mass is 9.89. The third-order valence-corrected chi connectivity index (χ3v) is 3.31. The van der Waals surface area contributed by atoms with Gasteiger partial charge in [-0.2, -0.15) is 5.26 Å². The maximum Gasteiger partial charge on any atom is 0.338 e. The van der Waals surface area contributed by atoms with Crippen molar-refractivity contribution in [3.05, 3.63) is 28.8 Å². The molecule has 0 heterocycles. The Morgan fingerprint density at radius 2 is 2.15 bits per heavy atom. The highest BCUT2D eigenvalue weighted by atomic mass is 35.5. The molecule has 0 saturated heterocycles. The van der Waals surface area contributed by atoms with Crippen LogP contribution in [-0.2, 0) is 4.74 Å². The summed E-state index contributed by atoms with van der Waals surface area (Å²) < 4.78 is 5.15. The molecule has 0 aliphatic heterocycles. The lowest BCUT2D eigenvalue weighted by molar-refractivity contribution is 0.0496. The molecule has 0 radical (unpaired) electrons. The van der Waals surface area contributed by atoms with E-state index in [9.17, 15) is 4.79 Å². The van der Waals surface area contributed by atoms with Gasteiger partial charge < -0.3 is 10.5 Å². The number of carbonyl (C=O) groups excluding carboxylic acids is 1. The first kappa shape index (κ1) is 16.3. The second-order valence-electron chi connectivity index (χ2n) is 5.33. The van der Waals surface area contributed by atoms with Crippen molar-refractivity contribution >= 4 is 23.3 Å². The molecule has 0 amide bonds. The van der Waals surface area contributed by atoms with Crippen LogP contribution in [0.25, 0.3) is 0 Å². The molecule has 20 heavy (non-hydrogen) atoms. The number of nitriles is 1. The number of benzene rings is 1. The smallest absolute Gasteiger partial charge is 0.338 e.